The normalized spacial score (nSPS) is 17.6. The topological polar surface area (TPSA) is 101 Å². The zero-order chi connectivity index (χ0) is 22.8. The summed E-state index contributed by atoms with van der Waals surface area (Å²) in [6.45, 7) is 2.35. The number of nitrogens with zero attached hydrogens (tertiary/aromatic N) is 2. The number of sulfonamides is 1. The van der Waals surface area contributed by atoms with Gasteiger partial charge in [0.2, 0.25) is 10.0 Å². The van der Waals surface area contributed by atoms with Crippen LogP contribution in [0.5, 0.6) is 5.75 Å². The highest BCUT2D eigenvalue weighted by Gasteiger charge is 2.32. The number of carbonyl (C=O) groups excluding carboxylic acids is 1. The standard InChI is InChI=1S/C21H24N2O6S2/c1-4-29-19-9-7-17(8-10-19)23(18-13-14-30(25,26)15-18)21(24)16-5-11-20(12-6-16)31(27,28)22(2)3/h5-14,18H,4,15H2,1-3H3/t18-/m1/s1. The summed E-state index contributed by atoms with van der Waals surface area (Å²) in [5, 5.41) is 1.11. The highest BCUT2D eigenvalue weighted by atomic mass is 32.2. The second kappa shape index (κ2) is 8.81. The summed E-state index contributed by atoms with van der Waals surface area (Å²) in [6.07, 6.45) is 1.48. The molecule has 31 heavy (non-hydrogen) atoms. The maximum atomic E-state index is 13.4. The van der Waals surface area contributed by atoms with Crippen LogP contribution in [0.25, 0.3) is 0 Å². The van der Waals surface area contributed by atoms with Crippen molar-refractivity contribution in [1.29, 1.82) is 0 Å². The molecule has 0 spiro atoms. The average molecular weight is 465 g/mol. The summed E-state index contributed by atoms with van der Waals surface area (Å²) < 4.78 is 55.0. The van der Waals surface area contributed by atoms with E-state index in [2.05, 4.69) is 0 Å². The minimum atomic E-state index is -3.63. The molecule has 0 N–H and O–H groups in total. The molecule has 0 unspecified atom stereocenters. The molecule has 0 fully saturated rings. The monoisotopic (exact) mass is 464 g/mol. The number of carbonyl (C=O) groups is 1. The lowest BCUT2D eigenvalue weighted by molar-refractivity contribution is 0.0983. The van der Waals surface area contributed by atoms with Crippen LogP contribution >= 0.6 is 0 Å². The number of sulfone groups is 1. The number of hydrogen-bond acceptors (Lipinski definition) is 6. The first kappa shape index (κ1) is 23.0. The Morgan fingerprint density at radius 3 is 2.16 bits per heavy atom. The van der Waals surface area contributed by atoms with Crippen molar-refractivity contribution in [2.75, 3.05) is 31.4 Å². The molecule has 0 aliphatic carbocycles. The Morgan fingerprint density at radius 2 is 1.68 bits per heavy atom. The van der Waals surface area contributed by atoms with E-state index in [1.807, 2.05) is 6.92 Å². The molecular formula is C21H24N2O6S2. The van der Waals surface area contributed by atoms with Crippen molar-refractivity contribution < 1.29 is 26.4 Å². The predicted molar refractivity (Wildman–Crippen MR) is 118 cm³/mol. The molecule has 0 radical (unpaired) electrons. The molecule has 0 saturated carbocycles. The molecule has 1 amide bonds. The maximum absolute atomic E-state index is 13.4. The van der Waals surface area contributed by atoms with E-state index in [4.69, 9.17) is 4.74 Å². The zero-order valence-corrected chi connectivity index (χ0v) is 19.1. The fourth-order valence-electron chi connectivity index (χ4n) is 3.17. The Labute approximate surface area is 182 Å². The second-order valence-corrected chi connectivity index (χ2v) is 11.2. The summed E-state index contributed by atoms with van der Waals surface area (Å²) in [6, 6.07) is 11.7. The van der Waals surface area contributed by atoms with E-state index >= 15 is 0 Å². The molecule has 2 aromatic carbocycles. The van der Waals surface area contributed by atoms with Crippen LogP contribution in [0.3, 0.4) is 0 Å². The molecular weight excluding hydrogens is 440 g/mol. The minimum absolute atomic E-state index is 0.0602. The van der Waals surface area contributed by atoms with Gasteiger partial charge in [-0.1, -0.05) is 0 Å². The van der Waals surface area contributed by atoms with E-state index in [9.17, 15) is 21.6 Å². The van der Waals surface area contributed by atoms with Gasteiger partial charge in [0.25, 0.3) is 5.91 Å². The van der Waals surface area contributed by atoms with Gasteiger partial charge in [-0.05, 0) is 61.5 Å². The van der Waals surface area contributed by atoms with Gasteiger partial charge in [0.1, 0.15) is 5.75 Å². The average Bonchev–Trinajstić information content (AvgIpc) is 3.08. The Bertz CT molecular complexity index is 1190. The van der Waals surface area contributed by atoms with Crippen molar-refractivity contribution in [3.05, 3.63) is 65.6 Å². The lowest BCUT2D eigenvalue weighted by Crippen LogP contribution is -2.41. The van der Waals surface area contributed by atoms with E-state index in [0.717, 1.165) is 9.71 Å². The van der Waals surface area contributed by atoms with Crippen molar-refractivity contribution in [1.82, 2.24) is 4.31 Å². The van der Waals surface area contributed by atoms with E-state index in [-0.39, 0.29) is 16.2 Å². The molecule has 0 aromatic heterocycles. The second-order valence-electron chi connectivity index (χ2n) is 7.14. The number of amides is 1. The van der Waals surface area contributed by atoms with Crippen LogP contribution in [0.15, 0.2) is 64.9 Å². The Morgan fingerprint density at radius 1 is 1.06 bits per heavy atom. The number of anilines is 1. The molecule has 166 valence electrons. The van der Waals surface area contributed by atoms with Crippen LogP contribution in [0.2, 0.25) is 0 Å². The fraction of sp³-hybridized carbons (Fsp3) is 0.286. The van der Waals surface area contributed by atoms with E-state index < -0.39 is 31.8 Å². The van der Waals surface area contributed by atoms with Gasteiger partial charge in [-0.15, -0.1) is 0 Å². The van der Waals surface area contributed by atoms with E-state index in [1.54, 1.807) is 24.3 Å². The molecule has 1 atom stereocenters. The van der Waals surface area contributed by atoms with Gasteiger partial charge in [0.15, 0.2) is 9.84 Å². The third-order valence-electron chi connectivity index (χ3n) is 4.77. The highest BCUT2D eigenvalue weighted by Crippen LogP contribution is 2.27. The van der Waals surface area contributed by atoms with Crippen LogP contribution in [0.1, 0.15) is 17.3 Å². The van der Waals surface area contributed by atoms with Gasteiger partial charge >= 0.3 is 0 Å². The van der Waals surface area contributed by atoms with Gasteiger partial charge in [-0.25, -0.2) is 21.1 Å². The lowest BCUT2D eigenvalue weighted by Gasteiger charge is -2.28. The van der Waals surface area contributed by atoms with Crippen LogP contribution in [0.4, 0.5) is 5.69 Å². The minimum Gasteiger partial charge on any atom is -0.494 e. The fourth-order valence-corrected chi connectivity index (χ4v) is 5.34. The van der Waals surface area contributed by atoms with Crippen molar-refractivity contribution in [2.24, 2.45) is 0 Å². The third kappa shape index (κ3) is 4.97. The summed E-state index contributed by atoms with van der Waals surface area (Å²) in [5.41, 5.74) is 0.745. The summed E-state index contributed by atoms with van der Waals surface area (Å²) in [5.74, 6) is -0.0323. The van der Waals surface area contributed by atoms with Gasteiger partial charge < -0.3 is 9.64 Å². The van der Waals surface area contributed by atoms with Gasteiger partial charge in [-0.2, -0.15) is 0 Å². The van der Waals surface area contributed by atoms with Crippen molar-refractivity contribution in [2.45, 2.75) is 17.9 Å². The highest BCUT2D eigenvalue weighted by molar-refractivity contribution is 7.94. The van der Waals surface area contributed by atoms with Crippen LogP contribution in [0, 0.1) is 0 Å². The van der Waals surface area contributed by atoms with Crippen LogP contribution < -0.4 is 9.64 Å². The van der Waals surface area contributed by atoms with E-state index in [0.29, 0.717) is 18.0 Å². The Kier molecular flexibility index (Phi) is 6.54. The predicted octanol–water partition coefficient (Wildman–Crippen LogP) is 2.29. The quantitative estimate of drug-likeness (QED) is 0.623. The number of hydrogen-bond donors (Lipinski definition) is 0. The molecule has 1 aliphatic heterocycles. The summed E-state index contributed by atoms with van der Waals surface area (Å²) in [7, 11) is -4.18. The van der Waals surface area contributed by atoms with Gasteiger partial charge in [0, 0.05) is 30.8 Å². The Balaban J connectivity index is 1.97. The van der Waals surface area contributed by atoms with Crippen molar-refractivity contribution in [3.8, 4) is 5.75 Å². The number of ether oxygens (including phenoxy) is 1. The summed E-state index contributed by atoms with van der Waals surface area (Å²) >= 11 is 0. The first-order chi connectivity index (χ1) is 14.5. The maximum Gasteiger partial charge on any atom is 0.258 e. The van der Waals surface area contributed by atoms with Crippen LogP contribution in [-0.2, 0) is 19.9 Å². The zero-order valence-electron chi connectivity index (χ0n) is 17.4. The molecule has 10 heteroatoms. The lowest BCUT2D eigenvalue weighted by atomic mass is 10.1. The molecule has 1 aliphatic rings. The third-order valence-corrected chi connectivity index (χ3v) is 7.97. The SMILES string of the molecule is CCOc1ccc(N(C(=O)c2ccc(S(=O)(=O)N(C)C)cc2)[C@@H]2C=CS(=O)(=O)C2)cc1. The molecule has 0 saturated heterocycles. The molecule has 3 rings (SSSR count). The molecule has 8 nitrogen and oxygen atoms in total. The molecule has 1 heterocycles. The smallest absolute Gasteiger partial charge is 0.258 e. The van der Waals surface area contributed by atoms with Crippen molar-refractivity contribution in [3.63, 3.8) is 0 Å². The van der Waals surface area contributed by atoms with E-state index in [1.165, 1.54) is 49.3 Å². The molecule has 0 bridgehead atoms. The Hall–Kier alpha value is -2.69. The van der Waals surface area contributed by atoms with Crippen LogP contribution in [-0.4, -0.2) is 59.5 Å². The van der Waals surface area contributed by atoms with Gasteiger partial charge in [0.05, 0.1) is 23.3 Å². The number of benzene rings is 2. The molecule has 2 aromatic rings. The number of rotatable bonds is 7. The van der Waals surface area contributed by atoms with Crippen molar-refractivity contribution >= 4 is 31.5 Å². The van der Waals surface area contributed by atoms with Gasteiger partial charge in [-0.3, -0.25) is 4.79 Å². The largest absolute Gasteiger partial charge is 0.494 e. The first-order valence-electron chi connectivity index (χ1n) is 9.55. The summed E-state index contributed by atoms with van der Waals surface area (Å²) in [4.78, 5) is 14.8. The first-order valence-corrected chi connectivity index (χ1v) is 12.7.